The molecule has 0 saturated heterocycles. The van der Waals surface area contributed by atoms with Crippen molar-refractivity contribution in [2.24, 2.45) is 0 Å². The predicted molar refractivity (Wildman–Crippen MR) is 114 cm³/mol. The number of hydrogen-bond donors (Lipinski definition) is 2. The lowest BCUT2D eigenvalue weighted by molar-refractivity contribution is -0.115. The molecule has 1 atom stereocenters. The predicted octanol–water partition coefficient (Wildman–Crippen LogP) is 5.96. The van der Waals surface area contributed by atoms with Crippen molar-refractivity contribution in [3.8, 4) is 0 Å². The third kappa shape index (κ3) is 5.55. The first-order valence-corrected chi connectivity index (χ1v) is 9.93. The van der Waals surface area contributed by atoms with E-state index in [9.17, 15) is 9.59 Å². The van der Waals surface area contributed by atoms with Crippen LogP contribution in [0.3, 0.4) is 0 Å². The first-order valence-electron chi connectivity index (χ1n) is 8.29. The summed E-state index contributed by atoms with van der Waals surface area (Å²) in [5.74, 6) is -0.248. The summed E-state index contributed by atoms with van der Waals surface area (Å²) in [6.45, 7) is 1.80. The highest BCUT2D eigenvalue weighted by molar-refractivity contribution is 8.00. The van der Waals surface area contributed by atoms with Crippen LogP contribution in [0.1, 0.15) is 17.5 Å². The van der Waals surface area contributed by atoms with Gasteiger partial charge in [0.15, 0.2) is 5.76 Å². The van der Waals surface area contributed by atoms with Gasteiger partial charge in [0.05, 0.1) is 11.5 Å². The molecule has 0 saturated carbocycles. The molecular weight excluding hydrogens is 419 g/mol. The van der Waals surface area contributed by atoms with Gasteiger partial charge in [0.2, 0.25) is 5.91 Å². The SMILES string of the molecule is CC(Sc1ccc(NC(=O)c2ccco2)cc1)C(=O)Nc1cc(Cl)cc(Cl)c1. The number of nitrogens with one attached hydrogen (secondary N) is 2. The molecule has 144 valence electrons. The Morgan fingerprint density at radius 1 is 0.964 bits per heavy atom. The molecule has 0 aliphatic heterocycles. The Balaban J connectivity index is 1.57. The van der Waals surface area contributed by atoms with E-state index < -0.39 is 0 Å². The molecule has 2 N–H and O–H groups in total. The van der Waals surface area contributed by atoms with E-state index in [2.05, 4.69) is 10.6 Å². The van der Waals surface area contributed by atoms with Gasteiger partial charge in [-0.3, -0.25) is 9.59 Å². The smallest absolute Gasteiger partial charge is 0.291 e. The molecule has 3 aromatic rings. The van der Waals surface area contributed by atoms with Crippen LogP contribution < -0.4 is 10.6 Å². The fourth-order valence-corrected chi connectivity index (χ4v) is 3.74. The lowest BCUT2D eigenvalue weighted by Gasteiger charge is -2.13. The van der Waals surface area contributed by atoms with E-state index in [1.54, 1.807) is 49.4 Å². The summed E-state index contributed by atoms with van der Waals surface area (Å²) in [6.07, 6.45) is 1.44. The van der Waals surface area contributed by atoms with Crippen LogP contribution in [0, 0.1) is 0 Å². The number of hydrogen-bond acceptors (Lipinski definition) is 4. The molecule has 8 heteroatoms. The second-order valence-electron chi connectivity index (χ2n) is 5.86. The van der Waals surface area contributed by atoms with Gasteiger partial charge in [-0.05, 0) is 61.5 Å². The standard InChI is InChI=1S/C20H16Cl2N2O3S/c1-12(19(25)24-16-10-13(21)9-14(22)11-16)28-17-6-4-15(5-7-17)23-20(26)18-3-2-8-27-18/h2-12H,1H3,(H,23,26)(H,24,25). The average molecular weight is 435 g/mol. The van der Waals surface area contributed by atoms with Crippen LogP contribution in [0.5, 0.6) is 0 Å². The van der Waals surface area contributed by atoms with Crippen LogP contribution in [0.4, 0.5) is 11.4 Å². The molecule has 0 radical (unpaired) electrons. The Morgan fingerprint density at radius 2 is 1.64 bits per heavy atom. The first-order chi connectivity index (χ1) is 13.4. The molecule has 1 unspecified atom stereocenters. The molecule has 3 rings (SSSR count). The maximum absolute atomic E-state index is 12.4. The fourth-order valence-electron chi connectivity index (χ4n) is 2.34. The lowest BCUT2D eigenvalue weighted by Crippen LogP contribution is -2.22. The monoisotopic (exact) mass is 434 g/mol. The number of amides is 2. The van der Waals surface area contributed by atoms with Crippen molar-refractivity contribution in [3.63, 3.8) is 0 Å². The fraction of sp³-hybridized carbons (Fsp3) is 0.100. The normalized spacial score (nSPS) is 11.7. The molecule has 0 spiro atoms. The van der Waals surface area contributed by atoms with Crippen LogP contribution in [0.15, 0.2) is 70.2 Å². The molecule has 1 heterocycles. The number of benzene rings is 2. The summed E-state index contributed by atoms with van der Waals surface area (Å²) < 4.78 is 5.06. The van der Waals surface area contributed by atoms with Crippen molar-refractivity contribution >= 4 is 58.2 Å². The Kier molecular flexibility index (Phi) is 6.67. The Labute approximate surface area is 176 Å². The topological polar surface area (TPSA) is 71.3 Å². The third-order valence-electron chi connectivity index (χ3n) is 3.67. The van der Waals surface area contributed by atoms with Gasteiger partial charge < -0.3 is 15.1 Å². The number of furan rings is 1. The largest absolute Gasteiger partial charge is 0.459 e. The molecule has 5 nitrogen and oxygen atoms in total. The van der Waals surface area contributed by atoms with Crippen LogP contribution >= 0.6 is 35.0 Å². The molecule has 2 aromatic carbocycles. The Morgan fingerprint density at radius 3 is 2.25 bits per heavy atom. The van der Waals surface area contributed by atoms with E-state index in [1.165, 1.54) is 18.0 Å². The van der Waals surface area contributed by atoms with Gasteiger partial charge in [-0.25, -0.2) is 0 Å². The summed E-state index contributed by atoms with van der Waals surface area (Å²) in [4.78, 5) is 25.3. The van der Waals surface area contributed by atoms with Crippen molar-refractivity contribution in [2.75, 3.05) is 10.6 Å². The minimum atomic E-state index is -0.346. The van der Waals surface area contributed by atoms with Crippen LogP contribution in [0.25, 0.3) is 0 Å². The van der Waals surface area contributed by atoms with Crippen molar-refractivity contribution in [3.05, 3.63) is 76.7 Å². The van der Waals surface area contributed by atoms with Crippen molar-refractivity contribution in [2.45, 2.75) is 17.1 Å². The summed E-state index contributed by atoms with van der Waals surface area (Å²) in [5, 5.41) is 6.11. The molecular formula is C20H16Cl2N2O3S. The molecule has 0 fully saturated rings. The van der Waals surface area contributed by atoms with Crippen molar-refractivity contribution in [1.82, 2.24) is 0 Å². The Hall–Kier alpha value is -2.41. The highest BCUT2D eigenvalue weighted by atomic mass is 35.5. The summed E-state index contributed by atoms with van der Waals surface area (Å²) in [7, 11) is 0. The van der Waals surface area contributed by atoms with Gasteiger partial charge >= 0.3 is 0 Å². The first kappa shape index (κ1) is 20.3. The van der Waals surface area contributed by atoms with Gasteiger partial charge in [0.1, 0.15) is 0 Å². The van der Waals surface area contributed by atoms with E-state index in [1.807, 2.05) is 12.1 Å². The van der Waals surface area contributed by atoms with Crippen LogP contribution in [0.2, 0.25) is 10.0 Å². The van der Waals surface area contributed by atoms with Crippen molar-refractivity contribution in [1.29, 1.82) is 0 Å². The highest BCUT2D eigenvalue weighted by Gasteiger charge is 2.15. The van der Waals surface area contributed by atoms with Crippen LogP contribution in [-0.4, -0.2) is 17.1 Å². The zero-order valence-electron chi connectivity index (χ0n) is 14.7. The van der Waals surface area contributed by atoms with Crippen LogP contribution in [-0.2, 0) is 4.79 Å². The third-order valence-corrected chi connectivity index (χ3v) is 5.22. The zero-order valence-corrected chi connectivity index (χ0v) is 17.1. The van der Waals surface area contributed by atoms with Crippen molar-refractivity contribution < 1.29 is 14.0 Å². The quantitative estimate of drug-likeness (QED) is 0.469. The van der Waals surface area contributed by atoms with E-state index in [4.69, 9.17) is 27.6 Å². The summed E-state index contributed by atoms with van der Waals surface area (Å²) in [5.41, 5.74) is 1.18. The van der Waals surface area contributed by atoms with Gasteiger partial charge in [-0.2, -0.15) is 0 Å². The molecule has 1 aromatic heterocycles. The average Bonchev–Trinajstić information content (AvgIpc) is 3.17. The highest BCUT2D eigenvalue weighted by Crippen LogP contribution is 2.27. The minimum Gasteiger partial charge on any atom is -0.459 e. The van der Waals surface area contributed by atoms with E-state index >= 15 is 0 Å². The summed E-state index contributed by atoms with van der Waals surface area (Å²) >= 11 is 13.3. The maximum Gasteiger partial charge on any atom is 0.291 e. The molecule has 0 aliphatic carbocycles. The molecule has 2 amide bonds. The minimum absolute atomic E-state index is 0.168. The van der Waals surface area contributed by atoms with Gasteiger partial charge in [-0.15, -0.1) is 11.8 Å². The number of anilines is 2. The van der Waals surface area contributed by atoms with Gasteiger partial charge in [-0.1, -0.05) is 23.2 Å². The second-order valence-corrected chi connectivity index (χ2v) is 8.15. The lowest BCUT2D eigenvalue weighted by atomic mass is 10.3. The number of rotatable bonds is 6. The van der Waals surface area contributed by atoms with E-state index in [0.29, 0.717) is 21.4 Å². The number of halogens is 2. The Bertz CT molecular complexity index is 955. The van der Waals surface area contributed by atoms with E-state index in [-0.39, 0.29) is 22.8 Å². The second kappa shape index (κ2) is 9.19. The summed E-state index contributed by atoms with van der Waals surface area (Å²) in [6, 6.07) is 15.3. The van der Waals surface area contributed by atoms with Gasteiger partial charge in [0.25, 0.3) is 5.91 Å². The van der Waals surface area contributed by atoms with E-state index in [0.717, 1.165) is 4.90 Å². The zero-order chi connectivity index (χ0) is 20.1. The number of carbonyl (C=O) groups is 2. The molecule has 0 bridgehead atoms. The number of thioether (sulfide) groups is 1. The molecule has 28 heavy (non-hydrogen) atoms. The number of carbonyl (C=O) groups excluding carboxylic acids is 2. The maximum atomic E-state index is 12.4. The molecule has 0 aliphatic rings. The van der Waals surface area contributed by atoms with Gasteiger partial charge in [0, 0.05) is 26.3 Å².